The molecule has 0 aliphatic heterocycles. The fraction of sp³-hybridized carbons (Fsp3) is 0.130. The number of anilines is 1. The number of rotatable bonds is 4. The van der Waals surface area contributed by atoms with Crippen molar-refractivity contribution in [1.29, 1.82) is 0 Å². The topological polar surface area (TPSA) is 95.2 Å². The Hall–Kier alpha value is -4.20. The van der Waals surface area contributed by atoms with Gasteiger partial charge in [0.05, 0.1) is 16.6 Å². The van der Waals surface area contributed by atoms with E-state index in [1.807, 2.05) is 31.2 Å². The van der Waals surface area contributed by atoms with Crippen molar-refractivity contribution < 1.29 is 9.53 Å². The Morgan fingerprint density at radius 1 is 1.00 bits per heavy atom. The van der Waals surface area contributed by atoms with Crippen LogP contribution < -0.4 is 21.3 Å². The Labute approximate surface area is 177 Å². The van der Waals surface area contributed by atoms with E-state index < -0.39 is 17.2 Å². The normalized spacial score (nSPS) is 10.8. The van der Waals surface area contributed by atoms with Gasteiger partial charge in [-0.3, -0.25) is 18.7 Å². The number of amides is 1. The molecule has 2 aromatic heterocycles. The highest BCUT2D eigenvalue weighted by molar-refractivity contribution is 6.06. The summed E-state index contributed by atoms with van der Waals surface area (Å²) in [4.78, 5) is 41.6. The first-order valence-electron chi connectivity index (χ1n) is 9.56. The van der Waals surface area contributed by atoms with E-state index in [2.05, 4.69) is 10.3 Å². The van der Waals surface area contributed by atoms with E-state index in [9.17, 15) is 14.4 Å². The number of hydrogen-bond acceptors (Lipinski definition) is 5. The van der Waals surface area contributed by atoms with Gasteiger partial charge in [0.25, 0.3) is 11.5 Å². The van der Waals surface area contributed by atoms with Gasteiger partial charge in [-0.25, -0.2) is 9.78 Å². The zero-order valence-electron chi connectivity index (χ0n) is 17.2. The highest BCUT2D eigenvalue weighted by Crippen LogP contribution is 2.29. The minimum Gasteiger partial charge on any atom is -0.455 e. The quantitative estimate of drug-likeness (QED) is 0.552. The zero-order valence-corrected chi connectivity index (χ0v) is 17.2. The Morgan fingerprint density at radius 2 is 1.71 bits per heavy atom. The maximum Gasteiger partial charge on any atom is 0.332 e. The number of nitrogens with one attached hydrogen (secondary N) is 1. The third-order valence-corrected chi connectivity index (χ3v) is 4.94. The van der Waals surface area contributed by atoms with E-state index >= 15 is 0 Å². The predicted molar refractivity (Wildman–Crippen MR) is 118 cm³/mol. The number of carbonyl (C=O) groups is 1. The second-order valence-electron chi connectivity index (χ2n) is 7.17. The first kappa shape index (κ1) is 20.1. The smallest absolute Gasteiger partial charge is 0.332 e. The van der Waals surface area contributed by atoms with Crippen LogP contribution in [0.25, 0.3) is 11.0 Å². The lowest BCUT2D eigenvalue weighted by Crippen LogP contribution is -2.37. The molecule has 0 aliphatic rings. The van der Waals surface area contributed by atoms with Crippen molar-refractivity contribution in [3.05, 3.63) is 92.8 Å². The first-order valence-corrected chi connectivity index (χ1v) is 9.56. The molecule has 0 unspecified atom stereocenters. The summed E-state index contributed by atoms with van der Waals surface area (Å²) in [5.74, 6) is 0.668. The third-order valence-electron chi connectivity index (χ3n) is 4.94. The largest absolute Gasteiger partial charge is 0.455 e. The van der Waals surface area contributed by atoms with Crippen LogP contribution in [0.5, 0.6) is 11.5 Å². The van der Waals surface area contributed by atoms with Crippen LogP contribution in [-0.2, 0) is 14.1 Å². The number of aromatic nitrogens is 3. The van der Waals surface area contributed by atoms with E-state index in [-0.39, 0.29) is 16.6 Å². The molecule has 0 aliphatic carbocycles. The van der Waals surface area contributed by atoms with Crippen molar-refractivity contribution in [2.45, 2.75) is 6.92 Å². The maximum atomic E-state index is 12.9. The highest BCUT2D eigenvalue weighted by atomic mass is 16.5. The van der Waals surface area contributed by atoms with Crippen molar-refractivity contribution in [3.8, 4) is 11.5 Å². The summed E-state index contributed by atoms with van der Waals surface area (Å²) in [6.07, 6.45) is 1.33. The molecule has 2 aromatic carbocycles. The number of pyridine rings is 1. The molecular formula is C23H20N4O4. The minimum absolute atomic E-state index is 0.182. The standard InChI is InChI=1S/C23H20N4O4/c1-14-8-10-16(11-9-14)31-19-7-5-4-6-18(19)25-21(28)15-12-17-20(24-13-15)26(2)23(30)27(3)22(17)29/h4-13H,1-3H3,(H,25,28). The van der Waals surface area contributed by atoms with E-state index in [1.54, 1.807) is 24.3 Å². The molecule has 0 saturated carbocycles. The number of ether oxygens (including phenoxy) is 1. The maximum absolute atomic E-state index is 12.9. The van der Waals surface area contributed by atoms with Crippen molar-refractivity contribution in [1.82, 2.24) is 14.1 Å². The van der Waals surface area contributed by atoms with E-state index in [0.717, 1.165) is 10.1 Å². The van der Waals surface area contributed by atoms with Gasteiger partial charge < -0.3 is 10.1 Å². The first-order chi connectivity index (χ1) is 14.8. The summed E-state index contributed by atoms with van der Waals surface area (Å²) in [7, 11) is 2.91. The molecule has 8 nitrogen and oxygen atoms in total. The van der Waals surface area contributed by atoms with Crippen LogP contribution in [0.1, 0.15) is 15.9 Å². The van der Waals surface area contributed by atoms with Gasteiger partial charge in [-0.15, -0.1) is 0 Å². The predicted octanol–water partition coefficient (Wildman–Crippen LogP) is 2.99. The Balaban J connectivity index is 1.66. The van der Waals surface area contributed by atoms with Gasteiger partial charge in [-0.1, -0.05) is 29.8 Å². The molecule has 0 bridgehead atoms. The number of hydrogen-bond donors (Lipinski definition) is 1. The molecule has 156 valence electrons. The molecular weight excluding hydrogens is 396 g/mol. The SMILES string of the molecule is Cc1ccc(Oc2ccccc2NC(=O)c2cnc3c(c2)c(=O)n(C)c(=O)n3C)cc1. The van der Waals surface area contributed by atoms with Crippen molar-refractivity contribution in [2.24, 2.45) is 14.1 Å². The Kier molecular flexibility index (Phi) is 5.12. The summed E-state index contributed by atoms with van der Waals surface area (Å²) >= 11 is 0. The van der Waals surface area contributed by atoms with Gasteiger partial charge in [-0.2, -0.15) is 0 Å². The van der Waals surface area contributed by atoms with Gasteiger partial charge in [0.1, 0.15) is 11.4 Å². The molecule has 0 atom stereocenters. The van der Waals surface area contributed by atoms with Crippen molar-refractivity contribution in [2.75, 3.05) is 5.32 Å². The lowest BCUT2D eigenvalue weighted by molar-refractivity contribution is 0.102. The molecule has 0 spiro atoms. The average molecular weight is 416 g/mol. The fourth-order valence-electron chi connectivity index (χ4n) is 3.18. The van der Waals surface area contributed by atoms with Crippen LogP contribution in [0.3, 0.4) is 0 Å². The number of benzene rings is 2. The monoisotopic (exact) mass is 416 g/mol. The molecule has 31 heavy (non-hydrogen) atoms. The lowest BCUT2D eigenvalue weighted by Gasteiger charge is -2.13. The zero-order chi connectivity index (χ0) is 22.1. The summed E-state index contributed by atoms with van der Waals surface area (Å²) in [5, 5.41) is 2.98. The van der Waals surface area contributed by atoms with Gasteiger partial charge >= 0.3 is 5.69 Å². The summed E-state index contributed by atoms with van der Waals surface area (Å²) in [6, 6.07) is 16.1. The van der Waals surface area contributed by atoms with E-state index in [1.165, 1.54) is 30.9 Å². The van der Waals surface area contributed by atoms with Crippen LogP contribution in [0.15, 0.2) is 70.4 Å². The molecule has 8 heteroatoms. The van der Waals surface area contributed by atoms with Crippen molar-refractivity contribution >= 4 is 22.6 Å². The molecule has 4 aromatic rings. The number of fused-ring (bicyclic) bond motifs is 1. The summed E-state index contributed by atoms with van der Waals surface area (Å²) < 4.78 is 8.16. The minimum atomic E-state index is -0.511. The molecule has 2 heterocycles. The van der Waals surface area contributed by atoms with Gasteiger partial charge in [0.2, 0.25) is 0 Å². The number of aryl methyl sites for hydroxylation is 2. The second-order valence-corrected chi connectivity index (χ2v) is 7.17. The Bertz CT molecular complexity index is 1420. The van der Waals surface area contributed by atoms with Crippen LogP contribution in [0, 0.1) is 6.92 Å². The molecule has 0 radical (unpaired) electrons. The Morgan fingerprint density at radius 3 is 2.45 bits per heavy atom. The number of nitrogens with zero attached hydrogens (tertiary/aromatic N) is 3. The van der Waals surface area contributed by atoms with Gasteiger partial charge in [0, 0.05) is 20.3 Å². The molecule has 4 rings (SSSR count). The second kappa shape index (κ2) is 7.91. The third kappa shape index (κ3) is 3.83. The summed E-state index contributed by atoms with van der Waals surface area (Å²) in [6.45, 7) is 1.99. The van der Waals surface area contributed by atoms with Crippen LogP contribution in [-0.4, -0.2) is 20.0 Å². The van der Waals surface area contributed by atoms with Crippen molar-refractivity contribution in [3.63, 3.8) is 0 Å². The van der Waals surface area contributed by atoms with Crippen LogP contribution in [0.4, 0.5) is 5.69 Å². The summed E-state index contributed by atoms with van der Waals surface area (Å²) in [5.41, 5.74) is 0.997. The average Bonchev–Trinajstić information content (AvgIpc) is 2.78. The van der Waals surface area contributed by atoms with Crippen LogP contribution >= 0.6 is 0 Å². The van der Waals surface area contributed by atoms with E-state index in [4.69, 9.17) is 4.74 Å². The highest BCUT2D eigenvalue weighted by Gasteiger charge is 2.15. The van der Waals surface area contributed by atoms with Crippen LogP contribution in [0.2, 0.25) is 0 Å². The number of para-hydroxylation sites is 2. The molecule has 0 saturated heterocycles. The van der Waals surface area contributed by atoms with E-state index in [0.29, 0.717) is 17.2 Å². The molecule has 1 N–H and O–H groups in total. The molecule has 0 fully saturated rings. The fourth-order valence-corrected chi connectivity index (χ4v) is 3.18. The number of carbonyl (C=O) groups excluding carboxylic acids is 1. The molecule has 1 amide bonds. The lowest BCUT2D eigenvalue weighted by atomic mass is 10.2. The van der Waals surface area contributed by atoms with Gasteiger partial charge in [0.15, 0.2) is 5.75 Å². The van der Waals surface area contributed by atoms with Gasteiger partial charge in [-0.05, 0) is 37.3 Å².